The van der Waals surface area contributed by atoms with Gasteiger partial charge in [-0.3, -0.25) is 9.69 Å². The molecule has 0 aliphatic carbocycles. The third kappa shape index (κ3) is 6.27. The van der Waals surface area contributed by atoms with Crippen LogP contribution in [-0.2, 0) is 17.5 Å². The van der Waals surface area contributed by atoms with Gasteiger partial charge >= 0.3 is 6.18 Å². The maximum atomic E-state index is 13.2. The zero-order chi connectivity index (χ0) is 21.6. The molecule has 0 bridgehead atoms. The van der Waals surface area contributed by atoms with Gasteiger partial charge in [-0.15, -0.1) is 0 Å². The molecule has 0 saturated carbocycles. The van der Waals surface area contributed by atoms with Crippen molar-refractivity contribution >= 4 is 5.91 Å². The number of morpholine rings is 1. The highest BCUT2D eigenvalue weighted by Gasteiger charge is 2.30. The minimum atomic E-state index is -4.40. The van der Waals surface area contributed by atoms with E-state index in [-0.39, 0.29) is 12.5 Å². The highest BCUT2D eigenvalue weighted by molar-refractivity contribution is 5.94. The summed E-state index contributed by atoms with van der Waals surface area (Å²) in [7, 11) is 0. The first-order chi connectivity index (χ1) is 14.3. The number of carbonyl (C=O) groups is 1. The molecule has 1 amide bonds. The van der Waals surface area contributed by atoms with E-state index in [4.69, 9.17) is 4.74 Å². The molecule has 1 fully saturated rings. The summed E-state index contributed by atoms with van der Waals surface area (Å²) in [6.07, 6.45) is -3.69. The van der Waals surface area contributed by atoms with E-state index in [1.54, 1.807) is 4.90 Å². The van der Waals surface area contributed by atoms with Gasteiger partial charge in [0.1, 0.15) is 5.82 Å². The first-order valence-electron chi connectivity index (χ1n) is 9.84. The molecular weight excluding hydrogens is 400 g/mol. The van der Waals surface area contributed by atoms with E-state index in [1.165, 1.54) is 36.4 Å². The Labute approximate surface area is 173 Å². The van der Waals surface area contributed by atoms with E-state index >= 15 is 0 Å². The molecule has 0 N–H and O–H groups in total. The number of rotatable bonds is 7. The summed E-state index contributed by atoms with van der Waals surface area (Å²) < 4.78 is 56.9. The van der Waals surface area contributed by atoms with Crippen LogP contribution in [0, 0.1) is 5.82 Å². The summed E-state index contributed by atoms with van der Waals surface area (Å²) in [5.41, 5.74) is 0.217. The van der Waals surface area contributed by atoms with Crippen LogP contribution in [0.15, 0.2) is 48.5 Å². The smallest absolute Gasteiger partial charge is 0.379 e. The van der Waals surface area contributed by atoms with Gasteiger partial charge in [-0.05, 0) is 48.4 Å². The standard InChI is InChI=1S/C22H24F4N2O2/c23-20-8-4-18(5-9-20)21(29)28(11-1-10-27-12-14-30-15-13-27)16-17-2-6-19(7-3-17)22(24,25)26/h2-9H,1,10-16H2. The third-order valence-corrected chi connectivity index (χ3v) is 5.04. The first-order valence-corrected chi connectivity index (χ1v) is 9.84. The van der Waals surface area contributed by atoms with Gasteiger partial charge in [-0.1, -0.05) is 12.1 Å². The molecule has 0 aromatic heterocycles. The second kappa shape index (κ2) is 10.0. The van der Waals surface area contributed by atoms with Crippen LogP contribution < -0.4 is 0 Å². The molecule has 1 heterocycles. The number of ether oxygens (including phenoxy) is 1. The quantitative estimate of drug-likeness (QED) is 0.625. The van der Waals surface area contributed by atoms with Gasteiger partial charge in [0.2, 0.25) is 0 Å². The lowest BCUT2D eigenvalue weighted by Crippen LogP contribution is -2.39. The van der Waals surface area contributed by atoms with Crippen LogP contribution in [0.5, 0.6) is 0 Å². The predicted molar refractivity (Wildman–Crippen MR) is 104 cm³/mol. The molecule has 4 nitrogen and oxygen atoms in total. The molecule has 30 heavy (non-hydrogen) atoms. The van der Waals surface area contributed by atoms with Crippen molar-refractivity contribution in [3.8, 4) is 0 Å². The fourth-order valence-corrected chi connectivity index (χ4v) is 3.36. The molecule has 2 aromatic carbocycles. The molecule has 8 heteroatoms. The Balaban J connectivity index is 1.69. The summed E-state index contributed by atoms with van der Waals surface area (Å²) in [6, 6.07) is 10.1. The SMILES string of the molecule is O=C(c1ccc(F)cc1)N(CCCN1CCOCC1)Cc1ccc(C(F)(F)F)cc1. The van der Waals surface area contributed by atoms with Crippen LogP contribution in [0.3, 0.4) is 0 Å². The van der Waals surface area contributed by atoms with Crippen LogP contribution in [0.1, 0.15) is 27.9 Å². The topological polar surface area (TPSA) is 32.8 Å². The number of halogens is 4. The van der Waals surface area contributed by atoms with E-state index in [0.29, 0.717) is 37.3 Å². The van der Waals surface area contributed by atoms with Crippen LogP contribution in [0.2, 0.25) is 0 Å². The molecule has 0 radical (unpaired) electrons. The fourth-order valence-electron chi connectivity index (χ4n) is 3.36. The summed E-state index contributed by atoms with van der Waals surface area (Å²) in [4.78, 5) is 16.8. The maximum absolute atomic E-state index is 13.2. The second-order valence-corrected chi connectivity index (χ2v) is 7.24. The van der Waals surface area contributed by atoms with Crippen LogP contribution in [0.4, 0.5) is 17.6 Å². The molecule has 2 aromatic rings. The molecule has 1 aliphatic heterocycles. The Morgan fingerprint density at radius 3 is 2.23 bits per heavy atom. The van der Waals surface area contributed by atoms with Gasteiger partial charge in [-0.25, -0.2) is 4.39 Å². The molecular formula is C22H24F4N2O2. The Morgan fingerprint density at radius 1 is 1.00 bits per heavy atom. The normalized spacial score (nSPS) is 15.2. The monoisotopic (exact) mass is 424 g/mol. The summed E-state index contributed by atoms with van der Waals surface area (Å²) in [5.74, 6) is -0.718. The van der Waals surface area contributed by atoms with Crippen molar-refractivity contribution in [3.05, 3.63) is 71.0 Å². The second-order valence-electron chi connectivity index (χ2n) is 7.24. The van der Waals surface area contributed by atoms with Crippen molar-refractivity contribution < 1.29 is 27.1 Å². The van der Waals surface area contributed by atoms with E-state index in [0.717, 1.165) is 31.8 Å². The van der Waals surface area contributed by atoms with Crippen LogP contribution in [-0.4, -0.2) is 55.1 Å². The number of carbonyl (C=O) groups excluding carboxylic acids is 1. The molecule has 1 saturated heterocycles. The average molecular weight is 424 g/mol. The number of alkyl halides is 3. The van der Waals surface area contributed by atoms with Crippen molar-refractivity contribution in [2.24, 2.45) is 0 Å². The van der Waals surface area contributed by atoms with Crippen molar-refractivity contribution in [3.63, 3.8) is 0 Å². The Hall–Kier alpha value is -2.45. The number of nitrogens with zero attached hydrogens (tertiary/aromatic N) is 2. The Bertz CT molecular complexity index is 817. The van der Waals surface area contributed by atoms with Crippen molar-refractivity contribution in [2.75, 3.05) is 39.4 Å². The highest BCUT2D eigenvalue weighted by Crippen LogP contribution is 2.29. The highest BCUT2D eigenvalue weighted by atomic mass is 19.4. The minimum Gasteiger partial charge on any atom is -0.379 e. The molecule has 162 valence electrons. The van der Waals surface area contributed by atoms with Crippen LogP contribution >= 0.6 is 0 Å². The van der Waals surface area contributed by atoms with Crippen LogP contribution in [0.25, 0.3) is 0 Å². The number of hydrogen-bond donors (Lipinski definition) is 0. The fraction of sp³-hybridized carbons (Fsp3) is 0.409. The van der Waals surface area contributed by atoms with Gasteiger partial charge in [0.25, 0.3) is 5.91 Å². The summed E-state index contributed by atoms with van der Waals surface area (Å²) in [6.45, 7) is 4.46. The molecule has 1 aliphatic rings. The van der Waals surface area contributed by atoms with E-state index in [2.05, 4.69) is 4.90 Å². The summed E-state index contributed by atoms with van der Waals surface area (Å²) >= 11 is 0. The van der Waals surface area contributed by atoms with Gasteiger partial charge in [0.15, 0.2) is 0 Å². The van der Waals surface area contributed by atoms with Gasteiger partial charge in [0, 0.05) is 38.3 Å². The molecule has 0 atom stereocenters. The minimum absolute atomic E-state index is 0.178. The zero-order valence-electron chi connectivity index (χ0n) is 16.5. The first kappa shape index (κ1) is 22.2. The van der Waals surface area contributed by atoms with Gasteiger partial charge in [0.05, 0.1) is 18.8 Å². The third-order valence-electron chi connectivity index (χ3n) is 5.04. The van der Waals surface area contributed by atoms with E-state index in [1.807, 2.05) is 0 Å². The van der Waals surface area contributed by atoms with Crippen molar-refractivity contribution in [1.82, 2.24) is 9.80 Å². The Morgan fingerprint density at radius 2 is 1.63 bits per heavy atom. The Kier molecular flexibility index (Phi) is 7.44. The zero-order valence-corrected chi connectivity index (χ0v) is 16.5. The van der Waals surface area contributed by atoms with E-state index < -0.39 is 17.6 Å². The average Bonchev–Trinajstić information content (AvgIpc) is 2.73. The predicted octanol–water partition coefficient (Wildman–Crippen LogP) is 4.21. The van der Waals surface area contributed by atoms with Gasteiger partial charge < -0.3 is 9.64 Å². The van der Waals surface area contributed by atoms with Crippen molar-refractivity contribution in [1.29, 1.82) is 0 Å². The van der Waals surface area contributed by atoms with Gasteiger partial charge in [-0.2, -0.15) is 13.2 Å². The largest absolute Gasteiger partial charge is 0.416 e. The number of hydrogen-bond acceptors (Lipinski definition) is 3. The summed E-state index contributed by atoms with van der Waals surface area (Å²) in [5, 5.41) is 0. The maximum Gasteiger partial charge on any atom is 0.416 e. The number of amides is 1. The lowest BCUT2D eigenvalue weighted by atomic mass is 10.1. The lowest BCUT2D eigenvalue weighted by Gasteiger charge is -2.28. The van der Waals surface area contributed by atoms with Crippen molar-refractivity contribution in [2.45, 2.75) is 19.1 Å². The lowest BCUT2D eigenvalue weighted by molar-refractivity contribution is -0.137. The number of benzene rings is 2. The molecule has 0 unspecified atom stereocenters. The van der Waals surface area contributed by atoms with E-state index in [9.17, 15) is 22.4 Å². The molecule has 0 spiro atoms. The molecule has 3 rings (SSSR count).